The Hall–Kier alpha value is 0.310. The highest BCUT2D eigenvalue weighted by Gasteiger charge is 2.57. The van der Waals surface area contributed by atoms with E-state index in [2.05, 4.69) is 32.5 Å². The molecule has 0 spiro atoms. The lowest BCUT2D eigenvalue weighted by Gasteiger charge is -2.36. The molecule has 0 bridgehead atoms. The summed E-state index contributed by atoms with van der Waals surface area (Å²) in [6, 6.07) is 0.399. The van der Waals surface area contributed by atoms with E-state index in [9.17, 15) is 0 Å². The summed E-state index contributed by atoms with van der Waals surface area (Å²) in [4.78, 5) is 0. The van der Waals surface area contributed by atoms with E-state index in [1.54, 1.807) is 0 Å². The lowest BCUT2D eigenvalue weighted by atomic mass is 9.75. The zero-order valence-electron chi connectivity index (χ0n) is 8.97. The number of nitrogens with two attached hydrogens (primary N) is 1. The van der Waals surface area contributed by atoms with E-state index in [0.717, 1.165) is 5.92 Å². The summed E-state index contributed by atoms with van der Waals surface area (Å²) in [7, 11) is 0. The molecule has 2 unspecified atom stereocenters. The molecular formula is C11H21NS. The summed E-state index contributed by atoms with van der Waals surface area (Å²) in [6.45, 7) is 7.00. The van der Waals surface area contributed by atoms with Crippen LogP contribution in [0.1, 0.15) is 40.0 Å². The van der Waals surface area contributed by atoms with Gasteiger partial charge >= 0.3 is 0 Å². The Morgan fingerprint density at radius 2 is 2.00 bits per heavy atom. The fraction of sp³-hybridized carbons (Fsp3) is 1.00. The second-order valence-corrected chi connectivity index (χ2v) is 7.06. The van der Waals surface area contributed by atoms with Crippen molar-refractivity contribution in [2.45, 2.75) is 50.8 Å². The Labute approximate surface area is 85.8 Å². The summed E-state index contributed by atoms with van der Waals surface area (Å²) >= 11 is 2.14. The quantitative estimate of drug-likeness (QED) is 0.740. The van der Waals surface area contributed by atoms with Gasteiger partial charge in [0.25, 0.3) is 0 Å². The Morgan fingerprint density at radius 1 is 1.38 bits per heavy atom. The van der Waals surface area contributed by atoms with Crippen molar-refractivity contribution >= 4 is 11.8 Å². The van der Waals surface area contributed by atoms with Crippen LogP contribution in [0.2, 0.25) is 0 Å². The molecule has 2 aliphatic rings. The van der Waals surface area contributed by atoms with Crippen LogP contribution in [-0.4, -0.2) is 16.5 Å². The van der Waals surface area contributed by atoms with Crippen molar-refractivity contribution < 1.29 is 0 Å². The third kappa shape index (κ3) is 1.42. The third-order valence-electron chi connectivity index (χ3n) is 4.15. The molecule has 2 heteroatoms. The zero-order chi connectivity index (χ0) is 9.69. The van der Waals surface area contributed by atoms with Crippen LogP contribution >= 0.6 is 11.8 Å². The van der Waals surface area contributed by atoms with Gasteiger partial charge in [-0.1, -0.05) is 13.8 Å². The minimum atomic E-state index is 0.399. The van der Waals surface area contributed by atoms with Crippen LogP contribution in [0, 0.1) is 11.3 Å². The Kier molecular flexibility index (Phi) is 2.20. The second-order valence-electron chi connectivity index (χ2n) is 5.32. The SMILES string of the molecule is CC(N)C1(C2CCSC2(C)C)CC1. The predicted molar refractivity (Wildman–Crippen MR) is 60.0 cm³/mol. The van der Waals surface area contributed by atoms with E-state index in [1.807, 2.05) is 0 Å². The van der Waals surface area contributed by atoms with Crippen molar-refractivity contribution in [2.75, 3.05) is 5.75 Å². The van der Waals surface area contributed by atoms with Gasteiger partial charge in [0, 0.05) is 10.8 Å². The van der Waals surface area contributed by atoms with Crippen molar-refractivity contribution in [1.82, 2.24) is 0 Å². The van der Waals surface area contributed by atoms with Crippen LogP contribution in [0.4, 0.5) is 0 Å². The summed E-state index contributed by atoms with van der Waals surface area (Å²) in [5.74, 6) is 2.21. The average Bonchev–Trinajstić information content (AvgIpc) is 2.72. The first-order chi connectivity index (χ1) is 5.99. The number of hydrogen-bond acceptors (Lipinski definition) is 2. The molecule has 1 saturated heterocycles. The topological polar surface area (TPSA) is 26.0 Å². The molecule has 0 aromatic carbocycles. The van der Waals surface area contributed by atoms with Gasteiger partial charge < -0.3 is 5.73 Å². The average molecular weight is 199 g/mol. The lowest BCUT2D eigenvalue weighted by molar-refractivity contribution is 0.226. The smallest absolute Gasteiger partial charge is 0.0138 e. The highest BCUT2D eigenvalue weighted by atomic mass is 32.2. The maximum Gasteiger partial charge on any atom is 0.0138 e. The molecule has 2 rings (SSSR count). The molecule has 76 valence electrons. The van der Waals surface area contributed by atoms with E-state index >= 15 is 0 Å². The molecule has 0 amide bonds. The highest BCUT2D eigenvalue weighted by molar-refractivity contribution is 8.00. The van der Waals surface area contributed by atoms with Gasteiger partial charge in [0.15, 0.2) is 0 Å². The van der Waals surface area contributed by atoms with Crippen molar-refractivity contribution in [3.8, 4) is 0 Å². The Balaban J connectivity index is 2.17. The number of thioether (sulfide) groups is 1. The maximum absolute atomic E-state index is 6.12. The van der Waals surface area contributed by atoms with Gasteiger partial charge in [-0.2, -0.15) is 11.8 Å². The van der Waals surface area contributed by atoms with E-state index in [4.69, 9.17) is 5.73 Å². The fourth-order valence-electron chi connectivity index (χ4n) is 3.13. The molecule has 2 atom stereocenters. The molecule has 0 aromatic heterocycles. The van der Waals surface area contributed by atoms with Crippen molar-refractivity contribution in [1.29, 1.82) is 0 Å². The van der Waals surface area contributed by atoms with Crippen LogP contribution in [-0.2, 0) is 0 Å². The molecule has 2 N–H and O–H groups in total. The first kappa shape index (κ1) is 9.85. The first-order valence-corrected chi connectivity index (χ1v) is 6.37. The molecule has 0 aromatic rings. The van der Waals surface area contributed by atoms with Crippen LogP contribution in [0.25, 0.3) is 0 Å². The standard InChI is InChI=1S/C11H21NS/c1-8(12)11(5-6-11)9-4-7-13-10(9,2)3/h8-9H,4-7,12H2,1-3H3. The van der Waals surface area contributed by atoms with Gasteiger partial charge in [-0.25, -0.2) is 0 Å². The largest absolute Gasteiger partial charge is 0.327 e. The molecule has 1 heterocycles. The van der Waals surface area contributed by atoms with Gasteiger partial charge in [0.1, 0.15) is 0 Å². The summed E-state index contributed by atoms with van der Waals surface area (Å²) in [6.07, 6.45) is 4.14. The third-order valence-corrected chi connectivity index (χ3v) is 5.62. The van der Waals surface area contributed by atoms with Gasteiger partial charge in [0.05, 0.1) is 0 Å². The first-order valence-electron chi connectivity index (χ1n) is 5.38. The highest BCUT2D eigenvalue weighted by Crippen LogP contribution is 2.63. The van der Waals surface area contributed by atoms with Gasteiger partial charge in [-0.15, -0.1) is 0 Å². The van der Waals surface area contributed by atoms with E-state index in [1.165, 1.54) is 25.0 Å². The second kappa shape index (κ2) is 2.90. The molecule has 13 heavy (non-hydrogen) atoms. The predicted octanol–water partition coefficient (Wildman–Crippen LogP) is 2.65. The van der Waals surface area contributed by atoms with Gasteiger partial charge in [0.2, 0.25) is 0 Å². The van der Waals surface area contributed by atoms with Crippen molar-refractivity contribution in [3.63, 3.8) is 0 Å². The monoisotopic (exact) mass is 199 g/mol. The van der Waals surface area contributed by atoms with Crippen LogP contribution < -0.4 is 5.73 Å². The minimum absolute atomic E-state index is 0.399. The van der Waals surface area contributed by atoms with E-state index in [-0.39, 0.29) is 0 Å². The summed E-state index contributed by atoms with van der Waals surface area (Å²) in [5, 5.41) is 0. The Bertz CT molecular complexity index is 206. The Morgan fingerprint density at radius 3 is 2.31 bits per heavy atom. The summed E-state index contributed by atoms with van der Waals surface area (Å²) in [5.41, 5.74) is 6.65. The molecule has 2 fully saturated rings. The fourth-order valence-corrected chi connectivity index (χ4v) is 4.57. The van der Waals surface area contributed by atoms with Gasteiger partial charge in [-0.05, 0) is 43.3 Å². The number of rotatable bonds is 2. The normalized spacial score (nSPS) is 37.4. The van der Waals surface area contributed by atoms with Gasteiger partial charge in [-0.3, -0.25) is 0 Å². The molecule has 0 radical (unpaired) electrons. The van der Waals surface area contributed by atoms with Crippen LogP contribution in [0.3, 0.4) is 0 Å². The van der Waals surface area contributed by atoms with Crippen molar-refractivity contribution in [2.24, 2.45) is 17.1 Å². The van der Waals surface area contributed by atoms with Crippen LogP contribution in [0.5, 0.6) is 0 Å². The van der Waals surface area contributed by atoms with Crippen LogP contribution in [0.15, 0.2) is 0 Å². The lowest BCUT2D eigenvalue weighted by Crippen LogP contribution is -2.40. The number of hydrogen-bond donors (Lipinski definition) is 1. The maximum atomic E-state index is 6.12. The molecule has 1 saturated carbocycles. The molecule has 1 nitrogen and oxygen atoms in total. The molecule has 1 aliphatic heterocycles. The summed E-state index contributed by atoms with van der Waals surface area (Å²) < 4.78 is 0.476. The molecule has 1 aliphatic carbocycles. The van der Waals surface area contributed by atoms with E-state index < -0.39 is 0 Å². The molecular weight excluding hydrogens is 178 g/mol. The zero-order valence-corrected chi connectivity index (χ0v) is 9.79. The van der Waals surface area contributed by atoms with E-state index in [0.29, 0.717) is 16.2 Å². The minimum Gasteiger partial charge on any atom is -0.327 e. The van der Waals surface area contributed by atoms with Crippen molar-refractivity contribution in [3.05, 3.63) is 0 Å².